The van der Waals surface area contributed by atoms with Crippen molar-refractivity contribution in [2.45, 2.75) is 57.2 Å². The summed E-state index contributed by atoms with van der Waals surface area (Å²) in [6.45, 7) is 3.74. The molecule has 0 radical (unpaired) electrons. The first kappa shape index (κ1) is 18.9. The number of carbonyl (C=O) groups excluding carboxylic acids is 1. The molecule has 0 bridgehead atoms. The summed E-state index contributed by atoms with van der Waals surface area (Å²) in [6, 6.07) is 9.06. The van der Waals surface area contributed by atoms with E-state index in [4.69, 9.17) is 4.74 Å². The molecule has 1 aliphatic carbocycles. The van der Waals surface area contributed by atoms with Crippen molar-refractivity contribution in [3.05, 3.63) is 35.4 Å². The van der Waals surface area contributed by atoms with Crippen molar-refractivity contribution < 1.29 is 44.2 Å². The molecular formula is C18H24NNaO3. The maximum atomic E-state index is 10.9. The quantitative estimate of drug-likeness (QED) is 0.664. The van der Waals surface area contributed by atoms with E-state index in [2.05, 4.69) is 36.5 Å². The average Bonchev–Trinajstić information content (AvgIpc) is 2.51. The van der Waals surface area contributed by atoms with Crippen molar-refractivity contribution in [1.82, 2.24) is 5.32 Å². The number of benzene rings is 1. The number of carboxylic acids is 1. The molecule has 2 fully saturated rings. The number of ether oxygens (including phenoxy) is 1. The monoisotopic (exact) mass is 325 g/mol. The van der Waals surface area contributed by atoms with E-state index < -0.39 is 5.97 Å². The van der Waals surface area contributed by atoms with Crippen molar-refractivity contribution >= 4 is 5.97 Å². The van der Waals surface area contributed by atoms with E-state index in [9.17, 15) is 9.90 Å². The van der Waals surface area contributed by atoms with Gasteiger partial charge < -0.3 is 20.0 Å². The summed E-state index contributed by atoms with van der Waals surface area (Å²) in [6.07, 6.45) is 4.17. The van der Waals surface area contributed by atoms with Crippen LogP contribution in [-0.2, 0) is 22.5 Å². The fourth-order valence-electron chi connectivity index (χ4n) is 3.71. The minimum Gasteiger partial charge on any atom is -0.550 e. The van der Waals surface area contributed by atoms with Crippen LogP contribution in [0.3, 0.4) is 0 Å². The number of rotatable bonds is 5. The first-order valence-corrected chi connectivity index (χ1v) is 8.26. The Morgan fingerprint density at radius 3 is 2.78 bits per heavy atom. The number of nitrogens with one attached hydrogen (secondary N) is 1. The Morgan fingerprint density at radius 1 is 1.35 bits per heavy atom. The molecule has 1 N–H and O–H groups in total. The summed E-state index contributed by atoms with van der Waals surface area (Å²) >= 11 is 0. The van der Waals surface area contributed by atoms with Crippen molar-refractivity contribution in [3.8, 4) is 0 Å². The van der Waals surface area contributed by atoms with Crippen LogP contribution in [0.15, 0.2) is 24.3 Å². The molecule has 3 rings (SSSR count). The van der Waals surface area contributed by atoms with Crippen molar-refractivity contribution in [2.24, 2.45) is 5.92 Å². The molecule has 2 aliphatic rings. The predicted molar refractivity (Wildman–Crippen MR) is 82.1 cm³/mol. The molecule has 0 aromatic heterocycles. The average molecular weight is 325 g/mol. The molecule has 1 aromatic rings. The Balaban J connectivity index is 0.00000192. The molecule has 1 aromatic carbocycles. The maximum Gasteiger partial charge on any atom is 1.00 e. The largest absolute Gasteiger partial charge is 1.00 e. The van der Waals surface area contributed by atoms with Crippen LogP contribution in [0.2, 0.25) is 0 Å². The molecule has 1 unspecified atom stereocenters. The molecule has 120 valence electrons. The Labute approximate surface area is 160 Å². The summed E-state index contributed by atoms with van der Waals surface area (Å²) in [5.74, 6) is -1.25. The van der Waals surface area contributed by atoms with Gasteiger partial charge in [0.05, 0.1) is 5.60 Å². The van der Waals surface area contributed by atoms with Gasteiger partial charge in [-0.15, -0.1) is 0 Å². The van der Waals surface area contributed by atoms with Gasteiger partial charge in [-0.25, -0.2) is 0 Å². The van der Waals surface area contributed by atoms with Crippen LogP contribution in [0.4, 0.5) is 0 Å². The standard InChI is InChI=1S/C18H25NO3.Na/c1-2-13-4-3-5-14(8-13)12-19-16-6-7-22-18(11-16)9-15(10-18)17(20)21;/h3-5,8,15-16,19H,2,6-7,9-12H2,1H3,(H,20,21);/q;+1/p-1. The zero-order valence-electron chi connectivity index (χ0n) is 14.1. The van der Waals surface area contributed by atoms with Crippen molar-refractivity contribution in [1.29, 1.82) is 0 Å². The zero-order valence-corrected chi connectivity index (χ0v) is 16.1. The molecule has 0 amide bonds. The van der Waals surface area contributed by atoms with E-state index in [1.54, 1.807) is 0 Å². The van der Waals surface area contributed by atoms with Gasteiger partial charge in [-0.05, 0) is 43.2 Å². The van der Waals surface area contributed by atoms with Gasteiger partial charge in [0.15, 0.2) is 0 Å². The Hall–Kier alpha value is -0.390. The Bertz CT molecular complexity index is 543. The number of hydrogen-bond acceptors (Lipinski definition) is 4. The van der Waals surface area contributed by atoms with Gasteiger partial charge >= 0.3 is 29.6 Å². The fourth-order valence-corrected chi connectivity index (χ4v) is 3.71. The third-order valence-corrected chi connectivity index (χ3v) is 5.06. The predicted octanol–water partition coefficient (Wildman–Crippen LogP) is -1.58. The van der Waals surface area contributed by atoms with E-state index >= 15 is 0 Å². The van der Waals surface area contributed by atoms with Crippen LogP contribution < -0.4 is 40.0 Å². The van der Waals surface area contributed by atoms with Gasteiger partial charge in [0.1, 0.15) is 0 Å². The second-order valence-electron chi connectivity index (χ2n) is 6.70. The topological polar surface area (TPSA) is 61.4 Å². The molecule has 1 spiro atoms. The molecule has 1 saturated heterocycles. The van der Waals surface area contributed by atoms with E-state index in [1.807, 2.05) is 0 Å². The van der Waals surface area contributed by atoms with Crippen LogP contribution in [0, 0.1) is 5.92 Å². The second kappa shape index (κ2) is 8.13. The van der Waals surface area contributed by atoms with Crippen molar-refractivity contribution in [3.63, 3.8) is 0 Å². The number of carboxylic acid groups (broad SMARTS) is 1. The second-order valence-corrected chi connectivity index (χ2v) is 6.70. The molecular weight excluding hydrogens is 301 g/mol. The first-order valence-electron chi connectivity index (χ1n) is 8.26. The van der Waals surface area contributed by atoms with Crippen LogP contribution in [0.25, 0.3) is 0 Å². The molecule has 5 heteroatoms. The molecule has 4 nitrogen and oxygen atoms in total. The summed E-state index contributed by atoms with van der Waals surface area (Å²) in [4.78, 5) is 10.9. The molecule has 1 heterocycles. The van der Waals surface area contributed by atoms with E-state index in [0.29, 0.717) is 25.5 Å². The Morgan fingerprint density at radius 2 is 2.09 bits per heavy atom. The molecule has 1 saturated carbocycles. The molecule has 1 atom stereocenters. The minimum atomic E-state index is -0.930. The van der Waals surface area contributed by atoms with Gasteiger partial charge in [-0.1, -0.05) is 31.2 Å². The maximum absolute atomic E-state index is 10.9. The summed E-state index contributed by atoms with van der Waals surface area (Å²) < 4.78 is 5.87. The van der Waals surface area contributed by atoms with Gasteiger partial charge in [-0.3, -0.25) is 0 Å². The van der Waals surface area contributed by atoms with Gasteiger partial charge in [-0.2, -0.15) is 0 Å². The van der Waals surface area contributed by atoms with Gasteiger partial charge in [0.25, 0.3) is 0 Å². The van der Waals surface area contributed by atoms with Crippen LogP contribution >= 0.6 is 0 Å². The fraction of sp³-hybridized carbons (Fsp3) is 0.611. The molecule has 23 heavy (non-hydrogen) atoms. The van der Waals surface area contributed by atoms with Crippen LogP contribution in [0.1, 0.15) is 43.7 Å². The third kappa shape index (κ3) is 4.58. The van der Waals surface area contributed by atoms with E-state index in [0.717, 1.165) is 25.8 Å². The summed E-state index contributed by atoms with van der Waals surface area (Å²) in [5, 5.41) is 14.5. The SMILES string of the molecule is CCc1cccc(CNC2CCOC3(C2)CC(C(=O)[O-])C3)c1.[Na+]. The van der Waals surface area contributed by atoms with Crippen LogP contribution in [-0.4, -0.2) is 24.2 Å². The smallest absolute Gasteiger partial charge is 0.550 e. The van der Waals surface area contributed by atoms with Gasteiger partial charge in [0.2, 0.25) is 0 Å². The number of carbonyl (C=O) groups is 1. The third-order valence-electron chi connectivity index (χ3n) is 5.06. The molecule has 1 aliphatic heterocycles. The Kier molecular flexibility index (Phi) is 6.69. The normalized spacial score (nSPS) is 29.6. The van der Waals surface area contributed by atoms with Gasteiger partial charge in [0, 0.05) is 31.1 Å². The van der Waals surface area contributed by atoms with Crippen LogP contribution in [0.5, 0.6) is 0 Å². The zero-order chi connectivity index (χ0) is 15.6. The van der Waals surface area contributed by atoms with E-state index in [1.165, 1.54) is 11.1 Å². The number of aryl methyl sites for hydroxylation is 1. The minimum absolute atomic E-state index is 0. The summed E-state index contributed by atoms with van der Waals surface area (Å²) in [5.41, 5.74) is 2.45. The number of aliphatic carboxylic acids is 1. The van der Waals surface area contributed by atoms with Crippen molar-refractivity contribution in [2.75, 3.05) is 6.61 Å². The summed E-state index contributed by atoms with van der Waals surface area (Å²) in [7, 11) is 0. The first-order chi connectivity index (χ1) is 10.6. The number of hydrogen-bond donors (Lipinski definition) is 1. The van der Waals surface area contributed by atoms with E-state index in [-0.39, 0.29) is 41.1 Å².